The van der Waals surface area contributed by atoms with Crippen molar-refractivity contribution in [3.63, 3.8) is 0 Å². The summed E-state index contributed by atoms with van der Waals surface area (Å²) in [7, 11) is -4.84. The number of hydrogen-bond donors (Lipinski definition) is 2. The van der Waals surface area contributed by atoms with E-state index >= 15 is 4.39 Å². The van der Waals surface area contributed by atoms with Crippen LogP contribution < -0.4 is 15.0 Å². The van der Waals surface area contributed by atoms with E-state index in [9.17, 15) is 17.8 Å². The number of piperidine rings is 1. The number of aromatic nitrogens is 1. The van der Waals surface area contributed by atoms with Crippen molar-refractivity contribution < 1.29 is 50.5 Å². The van der Waals surface area contributed by atoms with E-state index in [0.717, 1.165) is 11.5 Å². The summed E-state index contributed by atoms with van der Waals surface area (Å²) < 4.78 is 81.0. The number of fused-ring (bicyclic) bond motifs is 5. The van der Waals surface area contributed by atoms with E-state index in [1.807, 2.05) is 18.2 Å². The Kier molecular flexibility index (Phi) is 8.53. The number of hydrogen-bond acceptors (Lipinski definition) is 12. The maximum absolute atomic E-state index is 15.1. The van der Waals surface area contributed by atoms with Crippen LogP contribution in [0, 0.1) is 18.7 Å². The summed E-state index contributed by atoms with van der Waals surface area (Å²) in [6, 6.07) is 9.93. The first-order chi connectivity index (χ1) is 26.1. The van der Waals surface area contributed by atoms with Crippen LogP contribution in [-0.4, -0.2) is 67.2 Å². The molecule has 1 aliphatic carbocycles. The van der Waals surface area contributed by atoms with Gasteiger partial charge >= 0.3 is 0 Å². The Morgan fingerprint density at radius 1 is 1.11 bits per heavy atom. The van der Waals surface area contributed by atoms with E-state index < -0.39 is 26.7 Å². The molecule has 4 aromatic rings. The zero-order valence-electron chi connectivity index (χ0n) is 28.9. The van der Waals surface area contributed by atoms with Gasteiger partial charge in [0.25, 0.3) is 10.1 Å². The molecule has 2 atom stereocenters. The van der Waals surface area contributed by atoms with Crippen molar-refractivity contribution in [1.29, 1.82) is 0 Å². The van der Waals surface area contributed by atoms with Gasteiger partial charge in [-0.3, -0.25) is 14.2 Å². The topological polar surface area (TPSA) is 159 Å². The second-order valence-electron chi connectivity index (χ2n) is 13.8. The largest absolute Gasteiger partial charge is 0.486 e. The van der Waals surface area contributed by atoms with Gasteiger partial charge < -0.3 is 28.3 Å². The smallest absolute Gasteiger partial charge is 0.295 e. The Labute approximate surface area is 308 Å². The van der Waals surface area contributed by atoms with Gasteiger partial charge in [-0.25, -0.2) is 4.39 Å². The molecule has 13 nitrogen and oxygen atoms in total. The van der Waals surface area contributed by atoms with E-state index in [1.165, 1.54) is 37.0 Å². The number of allylic oxidation sites excluding steroid dienone is 2. The Hall–Kier alpha value is -5.48. The van der Waals surface area contributed by atoms with Crippen LogP contribution in [0.3, 0.4) is 0 Å². The average molecular weight is 756 g/mol. The normalized spacial score (nSPS) is 21.1. The summed E-state index contributed by atoms with van der Waals surface area (Å²) in [4.78, 5) is 21.4. The van der Waals surface area contributed by atoms with Crippen LogP contribution in [0.5, 0.6) is 11.5 Å². The molecule has 0 spiro atoms. The third kappa shape index (κ3) is 6.22. The minimum Gasteiger partial charge on any atom is -0.486 e. The van der Waals surface area contributed by atoms with Crippen molar-refractivity contribution in [3.8, 4) is 22.6 Å². The van der Waals surface area contributed by atoms with Crippen molar-refractivity contribution in [2.75, 3.05) is 26.2 Å². The number of halogens is 1. The number of ether oxygens (including phenoxy) is 4. The fourth-order valence-electron chi connectivity index (χ4n) is 7.68. The maximum Gasteiger partial charge on any atom is 0.295 e. The van der Waals surface area contributed by atoms with Gasteiger partial charge in [0.05, 0.1) is 17.0 Å². The van der Waals surface area contributed by atoms with E-state index in [0.29, 0.717) is 90.1 Å². The zero-order chi connectivity index (χ0) is 37.1. The van der Waals surface area contributed by atoms with Gasteiger partial charge in [-0.05, 0) is 92.0 Å². The Bertz CT molecular complexity index is 2450. The van der Waals surface area contributed by atoms with Crippen LogP contribution in [0.25, 0.3) is 22.0 Å². The first-order valence-corrected chi connectivity index (χ1v) is 19.0. The molecule has 5 aliphatic rings. The number of Topliss-reactive ketones (excluding diaryl/α,β-unsaturated/α-hetero) is 1. The summed E-state index contributed by atoms with van der Waals surface area (Å²) in [5.41, 5.74) is 5.52. The molecule has 0 radical (unpaired) electrons. The Morgan fingerprint density at radius 2 is 1.96 bits per heavy atom. The monoisotopic (exact) mass is 755 g/mol. The third-order valence-corrected chi connectivity index (χ3v) is 11.3. The number of carbonyl (C=O) groups is 1. The molecule has 4 aliphatic heterocycles. The van der Waals surface area contributed by atoms with Gasteiger partial charge in [-0.2, -0.15) is 8.42 Å². The van der Waals surface area contributed by atoms with Gasteiger partial charge in [-0.1, -0.05) is 17.3 Å². The van der Waals surface area contributed by atoms with Crippen LogP contribution in [0.15, 0.2) is 106 Å². The quantitative estimate of drug-likeness (QED) is 0.161. The molecule has 1 saturated heterocycles. The van der Waals surface area contributed by atoms with Crippen molar-refractivity contribution in [2.45, 2.75) is 43.2 Å². The van der Waals surface area contributed by atoms with Crippen molar-refractivity contribution >= 4 is 26.8 Å². The van der Waals surface area contributed by atoms with E-state index in [1.54, 1.807) is 19.1 Å². The molecule has 5 heterocycles. The van der Waals surface area contributed by atoms with Crippen LogP contribution in [0.2, 0.25) is 0 Å². The molecule has 0 bridgehead atoms. The highest BCUT2D eigenvalue weighted by molar-refractivity contribution is 7.86. The van der Waals surface area contributed by atoms with E-state index in [2.05, 4.69) is 15.5 Å². The van der Waals surface area contributed by atoms with Gasteiger partial charge in [0.2, 0.25) is 0 Å². The molecule has 1 aromatic heterocycles. The summed E-state index contributed by atoms with van der Waals surface area (Å²) in [6.45, 7) is 3.90. The number of aryl methyl sites for hydroxylation is 1. The molecule has 0 saturated carbocycles. The molecular weight excluding hydrogens is 722 g/mol. The highest BCUT2D eigenvalue weighted by atomic mass is 32.2. The lowest BCUT2D eigenvalue weighted by Gasteiger charge is -2.35. The minimum atomic E-state index is -4.84. The predicted octanol–water partition coefficient (Wildman–Crippen LogP) is 5.92. The van der Waals surface area contributed by atoms with Crippen LogP contribution >= 0.6 is 0 Å². The molecule has 278 valence electrons. The molecule has 1 fully saturated rings. The summed E-state index contributed by atoms with van der Waals surface area (Å²) in [5, 5.41) is 4.72. The Balaban J connectivity index is 0.968. The molecule has 15 heteroatoms. The average Bonchev–Trinajstić information content (AvgIpc) is 3.86. The number of rotatable bonds is 8. The summed E-state index contributed by atoms with van der Waals surface area (Å²) >= 11 is 0. The number of benzene rings is 3. The van der Waals surface area contributed by atoms with Crippen LogP contribution in [0.1, 0.15) is 34.3 Å². The van der Waals surface area contributed by atoms with Crippen LogP contribution in [0.4, 0.5) is 4.39 Å². The molecule has 0 amide bonds. The van der Waals surface area contributed by atoms with E-state index in [-0.39, 0.29) is 41.0 Å². The molecular formula is C39H34FN3O10S. The number of nitrogens with one attached hydrogen (secondary N) is 1. The highest BCUT2D eigenvalue weighted by Gasteiger charge is 2.35. The van der Waals surface area contributed by atoms with Crippen molar-refractivity contribution in [3.05, 3.63) is 119 Å². The van der Waals surface area contributed by atoms with Crippen LogP contribution in [-0.2, 0) is 30.9 Å². The number of hydroxylamine groups is 1. The van der Waals surface area contributed by atoms with E-state index in [4.69, 9.17) is 28.3 Å². The number of ketones is 1. The molecule has 3 aromatic carbocycles. The SMILES string of the molecule is Cc1ccc(S(=O)(=O)O)c(-c2cc(F)ccc2C(=O)C2CCN(CC3COc4ccc5nocc5c4O3)CC2)c1CC1=COC2=C(O1)C1=CONC1C=C2. The summed E-state index contributed by atoms with van der Waals surface area (Å²) in [5.74, 6) is 1.13. The molecule has 9 rings (SSSR count). The lowest BCUT2D eigenvalue weighted by atomic mass is 9.83. The van der Waals surface area contributed by atoms with Crippen molar-refractivity contribution in [1.82, 2.24) is 15.5 Å². The second kappa shape index (κ2) is 13.4. The van der Waals surface area contributed by atoms with Gasteiger partial charge in [0, 0.05) is 30.0 Å². The maximum atomic E-state index is 15.1. The van der Waals surface area contributed by atoms with Gasteiger partial charge in [0.15, 0.2) is 28.8 Å². The second-order valence-corrected chi connectivity index (χ2v) is 15.2. The molecule has 2 N–H and O–H groups in total. The van der Waals surface area contributed by atoms with Gasteiger partial charge in [0.1, 0.15) is 53.5 Å². The first kappa shape index (κ1) is 34.3. The standard InChI is InChI=1S/C39H34FN3O10S/c1-21-2-9-35(54(45,46)47)36(27(21)15-24-17-48-33-7-5-31-29(19-50-41-31)38(33)52-24)28-14-23(40)3-4-26(28)37(44)22-10-12-43(13-11-22)16-25-18-49-34-8-6-32-30(20-51-42-32)39(34)53-25/h2-9,14,17,19-20,22,25,31,41H,10-13,15-16,18H2,1H3,(H,45,46,47). The molecule has 2 unspecified atom stereocenters. The first-order valence-electron chi connectivity index (χ1n) is 17.5. The lowest BCUT2D eigenvalue weighted by Crippen LogP contribution is -2.45. The number of nitrogens with zero attached hydrogens (tertiary/aromatic N) is 2. The zero-order valence-corrected chi connectivity index (χ0v) is 29.7. The lowest BCUT2D eigenvalue weighted by molar-refractivity contribution is 0.0475. The predicted molar refractivity (Wildman–Crippen MR) is 190 cm³/mol. The molecule has 54 heavy (non-hydrogen) atoms. The summed E-state index contributed by atoms with van der Waals surface area (Å²) in [6.07, 6.45) is 8.87. The van der Waals surface area contributed by atoms with Gasteiger partial charge in [-0.15, -0.1) is 5.48 Å². The Morgan fingerprint density at radius 3 is 2.80 bits per heavy atom. The number of likely N-dealkylation sites (tertiary alicyclic amines) is 1. The fraction of sp³-hybridized carbons (Fsp3) is 0.282. The third-order valence-electron chi connectivity index (χ3n) is 10.4. The fourth-order valence-corrected chi connectivity index (χ4v) is 8.42. The minimum absolute atomic E-state index is 0.000157. The number of carbonyl (C=O) groups excluding carboxylic acids is 1. The van der Waals surface area contributed by atoms with Crippen molar-refractivity contribution in [2.24, 2.45) is 5.92 Å². The highest BCUT2D eigenvalue weighted by Crippen LogP contribution is 2.42.